The normalized spacial score (nSPS) is 23.6. The first-order chi connectivity index (χ1) is 13.4. The minimum atomic E-state index is -1.05. The molecular weight excluding hydrogens is 378 g/mol. The number of hydrogen-bond acceptors (Lipinski definition) is 5. The van der Waals surface area contributed by atoms with Gasteiger partial charge in [0.25, 0.3) is 5.91 Å². The van der Waals surface area contributed by atoms with Crippen molar-refractivity contribution in [2.45, 2.75) is 49.4 Å². The highest BCUT2D eigenvalue weighted by molar-refractivity contribution is 7.81. The average molecular weight is 404 g/mol. The lowest BCUT2D eigenvalue weighted by molar-refractivity contribution is -0.170. The van der Waals surface area contributed by atoms with Gasteiger partial charge in [0.05, 0.1) is 5.25 Å². The van der Waals surface area contributed by atoms with Gasteiger partial charge in [-0.25, -0.2) is 9.80 Å². The fraction of sp³-hybridized carbons (Fsp3) is 0.450. The zero-order valence-electron chi connectivity index (χ0n) is 15.6. The van der Waals surface area contributed by atoms with Crippen LogP contribution in [0.3, 0.4) is 0 Å². The van der Waals surface area contributed by atoms with Crippen molar-refractivity contribution in [3.8, 4) is 0 Å². The van der Waals surface area contributed by atoms with Gasteiger partial charge in [0, 0.05) is 12.2 Å². The molecule has 1 aromatic rings. The number of carboxylic acids is 1. The molecule has 3 rings (SSSR count). The number of nitrogens with one attached hydrogen (secondary N) is 1. The largest absolute Gasteiger partial charge is 0.480 e. The summed E-state index contributed by atoms with van der Waals surface area (Å²) in [6, 6.07) is 7.79. The van der Waals surface area contributed by atoms with Crippen molar-refractivity contribution in [1.82, 2.24) is 15.3 Å². The fourth-order valence-electron chi connectivity index (χ4n) is 3.70. The Morgan fingerprint density at radius 3 is 2.68 bits per heavy atom. The van der Waals surface area contributed by atoms with Gasteiger partial charge >= 0.3 is 5.97 Å². The van der Waals surface area contributed by atoms with Crippen LogP contribution in [0, 0.1) is 0 Å². The first-order valence-corrected chi connectivity index (χ1v) is 9.93. The first kappa shape index (κ1) is 20.3. The Bertz CT molecular complexity index is 770. The molecule has 2 heterocycles. The van der Waals surface area contributed by atoms with Crippen molar-refractivity contribution in [2.75, 3.05) is 6.54 Å². The summed E-state index contributed by atoms with van der Waals surface area (Å²) in [6.45, 7) is 4.56. The molecule has 0 spiro atoms. The molecule has 0 unspecified atom stereocenters. The van der Waals surface area contributed by atoms with Crippen molar-refractivity contribution in [3.63, 3.8) is 0 Å². The number of hydrazine groups is 1. The molecule has 1 aromatic carbocycles. The van der Waals surface area contributed by atoms with Crippen LogP contribution >= 0.6 is 12.6 Å². The molecule has 0 aromatic heterocycles. The van der Waals surface area contributed by atoms with Gasteiger partial charge in [-0.3, -0.25) is 14.6 Å². The Labute approximate surface area is 169 Å². The maximum atomic E-state index is 13.1. The van der Waals surface area contributed by atoms with E-state index in [1.54, 1.807) is 5.01 Å². The van der Waals surface area contributed by atoms with Crippen LogP contribution in [0.25, 0.3) is 0 Å². The van der Waals surface area contributed by atoms with E-state index in [1.165, 1.54) is 5.01 Å². The van der Waals surface area contributed by atoms with Gasteiger partial charge in [-0.05, 0) is 37.7 Å². The minimum Gasteiger partial charge on any atom is -0.480 e. The van der Waals surface area contributed by atoms with Crippen LogP contribution in [0.5, 0.6) is 0 Å². The van der Waals surface area contributed by atoms with E-state index in [0.29, 0.717) is 44.3 Å². The summed E-state index contributed by atoms with van der Waals surface area (Å²) in [5.74, 6) is -1.79. The second kappa shape index (κ2) is 8.68. The van der Waals surface area contributed by atoms with Crippen LogP contribution in [0.15, 0.2) is 42.6 Å². The van der Waals surface area contributed by atoms with Crippen molar-refractivity contribution >= 4 is 30.4 Å². The Morgan fingerprint density at radius 2 is 2.00 bits per heavy atom. The van der Waals surface area contributed by atoms with Gasteiger partial charge < -0.3 is 10.4 Å². The Balaban J connectivity index is 1.72. The molecule has 2 aliphatic heterocycles. The standard InChI is InChI=1S/C20H25N3O4S/c1-13-9-10-15(19(25)23-16(20(26)27)8-5-11-22(13)23)21-18(24)17(28)12-14-6-3-2-4-7-14/h2-4,6-7,15-17,28H,1,5,8-12H2,(H,21,24)(H,26,27)/t15-,16-,17-/m1/s1. The highest BCUT2D eigenvalue weighted by atomic mass is 32.1. The maximum Gasteiger partial charge on any atom is 0.328 e. The summed E-state index contributed by atoms with van der Waals surface area (Å²) in [5.41, 5.74) is 1.68. The predicted molar refractivity (Wildman–Crippen MR) is 107 cm³/mol. The minimum absolute atomic E-state index is 0.339. The number of hydrogen-bond donors (Lipinski definition) is 3. The van der Waals surface area contributed by atoms with E-state index in [0.717, 1.165) is 5.56 Å². The van der Waals surface area contributed by atoms with E-state index in [-0.39, 0.29) is 5.91 Å². The molecule has 2 amide bonds. The van der Waals surface area contributed by atoms with Gasteiger partial charge in [0.15, 0.2) is 6.04 Å². The van der Waals surface area contributed by atoms with Crippen LogP contribution in [-0.2, 0) is 20.8 Å². The third kappa shape index (κ3) is 4.32. The summed E-state index contributed by atoms with van der Waals surface area (Å²) in [7, 11) is 0. The molecule has 2 N–H and O–H groups in total. The number of carbonyl (C=O) groups excluding carboxylic acids is 2. The molecular formula is C20H25N3O4S. The highest BCUT2D eigenvalue weighted by Crippen LogP contribution is 2.29. The molecule has 0 bridgehead atoms. The van der Waals surface area contributed by atoms with Crippen molar-refractivity contribution in [2.24, 2.45) is 0 Å². The number of allylic oxidation sites excluding steroid dienone is 1. The third-order valence-electron chi connectivity index (χ3n) is 5.19. The lowest BCUT2D eigenvalue weighted by Crippen LogP contribution is -2.61. The molecule has 8 heteroatoms. The summed E-state index contributed by atoms with van der Waals surface area (Å²) in [5, 5.41) is 14.7. The molecule has 2 fully saturated rings. The number of rotatable bonds is 5. The van der Waals surface area contributed by atoms with Gasteiger partial charge in [0.2, 0.25) is 5.91 Å². The quantitative estimate of drug-likeness (QED) is 0.650. The molecule has 150 valence electrons. The van der Waals surface area contributed by atoms with E-state index in [2.05, 4.69) is 24.5 Å². The summed E-state index contributed by atoms with van der Waals surface area (Å²) in [6.07, 6.45) is 2.39. The Morgan fingerprint density at radius 1 is 1.29 bits per heavy atom. The van der Waals surface area contributed by atoms with E-state index in [9.17, 15) is 19.5 Å². The molecule has 0 aliphatic carbocycles. The Hall–Kier alpha value is -2.48. The van der Waals surface area contributed by atoms with Crippen LogP contribution in [0.1, 0.15) is 31.2 Å². The average Bonchev–Trinajstić information content (AvgIpc) is 2.80. The first-order valence-electron chi connectivity index (χ1n) is 9.42. The van der Waals surface area contributed by atoms with E-state index < -0.39 is 29.2 Å². The van der Waals surface area contributed by atoms with Gasteiger partial charge in [-0.1, -0.05) is 36.9 Å². The van der Waals surface area contributed by atoms with Crippen LogP contribution in [-0.4, -0.2) is 56.8 Å². The van der Waals surface area contributed by atoms with E-state index in [1.807, 2.05) is 30.3 Å². The monoisotopic (exact) mass is 403 g/mol. The molecule has 3 atom stereocenters. The number of carbonyl (C=O) groups is 3. The van der Waals surface area contributed by atoms with E-state index >= 15 is 0 Å². The number of thiol groups is 1. The lowest BCUT2D eigenvalue weighted by Gasteiger charge is -2.43. The number of aliphatic carboxylic acids is 1. The second-order valence-corrected chi connectivity index (χ2v) is 7.80. The highest BCUT2D eigenvalue weighted by Gasteiger charge is 2.43. The Kier molecular flexibility index (Phi) is 6.28. The molecule has 7 nitrogen and oxygen atoms in total. The zero-order chi connectivity index (χ0) is 20.3. The summed E-state index contributed by atoms with van der Waals surface area (Å²) in [4.78, 5) is 37.4. The van der Waals surface area contributed by atoms with Gasteiger partial charge in [-0.2, -0.15) is 12.6 Å². The molecule has 0 radical (unpaired) electrons. The number of benzene rings is 1. The van der Waals surface area contributed by atoms with Crippen LogP contribution in [0.4, 0.5) is 0 Å². The number of nitrogens with zero attached hydrogens (tertiary/aromatic N) is 2. The van der Waals surface area contributed by atoms with Crippen LogP contribution < -0.4 is 5.32 Å². The van der Waals surface area contributed by atoms with Crippen molar-refractivity contribution in [1.29, 1.82) is 0 Å². The number of carboxylic acid groups (broad SMARTS) is 1. The topological polar surface area (TPSA) is 90.0 Å². The maximum absolute atomic E-state index is 13.1. The van der Waals surface area contributed by atoms with E-state index in [4.69, 9.17) is 0 Å². The molecule has 2 saturated heterocycles. The smallest absolute Gasteiger partial charge is 0.328 e. The zero-order valence-corrected chi connectivity index (χ0v) is 16.5. The number of amides is 2. The second-order valence-electron chi connectivity index (χ2n) is 7.17. The predicted octanol–water partition coefficient (Wildman–Crippen LogP) is 1.61. The summed E-state index contributed by atoms with van der Waals surface area (Å²) >= 11 is 4.39. The van der Waals surface area contributed by atoms with Crippen molar-refractivity contribution < 1.29 is 19.5 Å². The summed E-state index contributed by atoms with van der Waals surface area (Å²) < 4.78 is 0. The van der Waals surface area contributed by atoms with Gasteiger partial charge in [-0.15, -0.1) is 0 Å². The molecule has 0 saturated carbocycles. The molecule has 2 aliphatic rings. The van der Waals surface area contributed by atoms with Crippen molar-refractivity contribution in [3.05, 3.63) is 48.2 Å². The third-order valence-corrected chi connectivity index (χ3v) is 5.61. The fourth-order valence-corrected chi connectivity index (χ4v) is 3.98. The number of fused-ring (bicyclic) bond motifs is 1. The SMILES string of the molecule is C=C1CC[C@@H](NC(=O)[C@H](S)Cc2ccccc2)C(=O)N2[C@@H](C(=O)O)CCCN12. The van der Waals surface area contributed by atoms with Gasteiger partial charge in [0.1, 0.15) is 6.04 Å². The molecule has 28 heavy (non-hydrogen) atoms. The lowest BCUT2D eigenvalue weighted by atomic mass is 10.1. The van der Waals surface area contributed by atoms with Crippen LogP contribution in [0.2, 0.25) is 0 Å².